The molecule has 0 radical (unpaired) electrons. The molecular formula is C15H25BrN2O2. The Morgan fingerprint density at radius 3 is 2.50 bits per heavy atom. The molecule has 4 nitrogen and oxygen atoms in total. The molecule has 0 amide bonds. The number of likely N-dealkylation sites (N-methyl/N-ethyl adjacent to an activating group) is 1. The van der Waals surface area contributed by atoms with Gasteiger partial charge >= 0.3 is 0 Å². The van der Waals surface area contributed by atoms with E-state index in [2.05, 4.69) is 46.1 Å². The van der Waals surface area contributed by atoms with Crippen LogP contribution in [0.3, 0.4) is 0 Å². The summed E-state index contributed by atoms with van der Waals surface area (Å²) in [7, 11) is 3.59. The van der Waals surface area contributed by atoms with Crippen molar-refractivity contribution in [2.75, 3.05) is 40.4 Å². The van der Waals surface area contributed by atoms with Gasteiger partial charge in [0.2, 0.25) is 0 Å². The summed E-state index contributed by atoms with van der Waals surface area (Å²) in [5, 5.41) is 3.16. The Labute approximate surface area is 130 Å². The van der Waals surface area contributed by atoms with E-state index in [4.69, 9.17) is 9.47 Å². The molecule has 0 aromatic heterocycles. The molecule has 0 spiro atoms. The van der Waals surface area contributed by atoms with E-state index in [1.165, 1.54) is 0 Å². The first-order chi connectivity index (χ1) is 9.65. The first kappa shape index (κ1) is 17.3. The number of halogens is 1. The quantitative estimate of drug-likeness (QED) is 0.746. The molecule has 0 fully saturated rings. The smallest absolute Gasteiger partial charge is 0.165 e. The van der Waals surface area contributed by atoms with Crippen LogP contribution in [-0.4, -0.2) is 45.3 Å². The third-order valence-corrected chi connectivity index (χ3v) is 3.69. The second-order valence-electron chi connectivity index (χ2n) is 4.50. The van der Waals surface area contributed by atoms with E-state index >= 15 is 0 Å². The molecule has 1 aromatic rings. The van der Waals surface area contributed by atoms with Crippen LogP contribution in [0.1, 0.15) is 19.4 Å². The average Bonchev–Trinajstić information content (AvgIpc) is 2.45. The summed E-state index contributed by atoms with van der Waals surface area (Å²) in [5.41, 5.74) is 1.10. The molecule has 20 heavy (non-hydrogen) atoms. The van der Waals surface area contributed by atoms with Crippen LogP contribution in [0.15, 0.2) is 16.6 Å². The summed E-state index contributed by atoms with van der Waals surface area (Å²) < 4.78 is 12.4. The number of ether oxygens (including phenoxy) is 2. The van der Waals surface area contributed by atoms with Crippen LogP contribution in [0.2, 0.25) is 0 Å². The lowest BCUT2D eigenvalue weighted by molar-refractivity contribution is 0.215. The predicted molar refractivity (Wildman–Crippen MR) is 86.7 cm³/mol. The molecule has 0 atom stereocenters. The lowest BCUT2D eigenvalue weighted by Gasteiger charge is -2.20. The SMILES string of the molecule is CCN(CC)CCOc1c(CNC)cc(Br)cc1OC. The fraction of sp³-hybridized carbons (Fsp3) is 0.600. The van der Waals surface area contributed by atoms with Crippen LogP contribution < -0.4 is 14.8 Å². The number of nitrogens with zero attached hydrogens (tertiary/aromatic N) is 1. The summed E-state index contributed by atoms with van der Waals surface area (Å²) in [6, 6.07) is 4.00. The van der Waals surface area contributed by atoms with Crippen molar-refractivity contribution in [3.63, 3.8) is 0 Å². The summed E-state index contributed by atoms with van der Waals surface area (Å²) in [6.45, 7) is 8.74. The molecule has 5 heteroatoms. The summed E-state index contributed by atoms with van der Waals surface area (Å²) >= 11 is 3.50. The monoisotopic (exact) mass is 344 g/mol. The first-order valence-electron chi connectivity index (χ1n) is 7.02. The van der Waals surface area contributed by atoms with Gasteiger partial charge in [-0.1, -0.05) is 29.8 Å². The van der Waals surface area contributed by atoms with Gasteiger partial charge in [0.25, 0.3) is 0 Å². The Bertz CT molecular complexity index is 409. The molecular weight excluding hydrogens is 320 g/mol. The minimum atomic E-state index is 0.663. The van der Waals surface area contributed by atoms with Gasteiger partial charge in [-0.2, -0.15) is 0 Å². The molecule has 0 saturated carbocycles. The number of hydrogen-bond donors (Lipinski definition) is 1. The normalized spacial score (nSPS) is 10.9. The van der Waals surface area contributed by atoms with Gasteiger partial charge < -0.3 is 19.7 Å². The van der Waals surface area contributed by atoms with Gasteiger partial charge in [0.05, 0.1) is 7.11 Å². The van der Waals surface area contributed by atoms with Gasteiger partial charge in [-0.15, -0.1) is 0 Å². The van der Waals surface area contributed by atoms with Crippen LogP contribution in [0.25, 0.3) is 0 Å². The maximum absolute atomic E-state index is 5.97. The van der Waals surface area contributed by atoms with Gasteiger partial charge in [-0.05, 0) is 32.3 Å². The van der Waals surface area contributed by atoms with Crippen LogP contribution in [0, 0.1) is 0 Å². The zero-order valence-electron chi connectivity index (χ0n) is 12.8. The maximum atomic E-state index is 5.97. The van der Waals surface area contributed by atoms with E-state index in [0.717, 1.165) is 47.7 Å². The zero-order chi connectivity index (χ0) is 15.0. The molecule has 0 saturated heterocycles. The molecule has 1 N–H and O–H groups in total. The van der Waals surface area contributed by atoms with Crippen molar-refractivity contribution in [2.24, 2.45) is 0 Å². The maximum Gasteiger partial charge on any atom is 0.165 e. The van der Waals surface area contributed by atoms with Gasteiger partial charge in [-0.25, -0.2) is 0 Å². The van der Waals surface area contributed by atoms with Crippen molar-refractivity contribution in [1.29, 1.82) is 0 Å². The third kappa shape index (κ3) is 4.96. The Kier molecular flexibility index (Phi) is 7.95. The lowest BCUT2D eigenvalue weighted by Crippen LogP contribution is -2.28. The number of benzene rings is 1. The largest absolute Gasteiger partial charge is 0.493 e. The zero-order valence-corrected chi connectivity index (χ0v) is 14.4. The molecule has 1 rings (SSSR count). The molecule has 1 aromatic carbocycles. The van der Waals surface area contributed by atoms with Crippen molar-refractivity contribution in [3.05, 3.63) is 22.2 Å². The number of nitrogens with one attached hydrogen (secondary N) is 1. The molecule has 0 aliphatic heterocycles. The molecule has 0 aliphatic rings. The predicted octanol–water partition coefficient (Wildman–Crippen LogP) is 2.90. The molecule has 0 unspecified atom stereocenters. The fourth-order valence-corrected chi connectivity index (χ4v) is 2.56. The fourth-order valence-electron chi connectivity index (χ4n) is 2.08. The van der Waals surface area contributed by atoms with Crippen LogP contribution in [-0.2, 0) is 6.54 Å². The van der Waals surface area contributed by atoms with Crippen molar-refractivity contribution >= 4 is 15.9 Å². The number of methoxy groups -OCH3 is 1. The van der Waals surface area contributed by atoms with Crippen molar-refractivity contribution in [1.82, 2.24) is 10.2 Å². The Balaban J connectivity index is 2.80. The van der Waals surface area contributed by atoms with E-state index in [1.807, 2.05) is 13.1 Å². The molecule has 0 heterocycles. The Hall–Kier alpha value is -0.780. The third-order valence-electron chi connectivity index (χ3n) is 3.23. The Morgan fingerprint density at radius 1 is 1.25 bits per heavy atom. The highest BCUT2D eigenvalue weighted by Gasteiger charge is 2.12. The standard InChI is InChI=1S/C15H25BrN2O2/c1-5-18(6-2)7-8-20-15-12(11-17-3)9-13(16)10-14(15)19-4/h9-10,17H,5-8,11H2,1-4H3. The van der Waals surface area contributed by atoms with Gasteiger partial charge in [0.15, 0.2) is 11.5 Å². The van der Waals surface area contributed by atoms with Crippen LogP contribution in [0.5, 0.6) is 11.5 Å². The van der Waals surface area contributed by atoms with Gasteiger partial charge in [-0.3, -0.25) is 0 Å². The van der Waals surface area contributed by atoms with Crippen molar-refractivity contribution < 1.29 is 9.47 Å². The number of rotatable bonds is 9. The molecule has 0 aliphatic carbocycles. The van der Waals surface area contributed by atoms with E-state index in [0.29, 0.717) is 6.61 Å². The second kappa shape index (κ2) is 9.21. The highest BCUT2D eigenvalue weighted by Crippen LogP contribution is 2.34. The average molecular weight is 345 g/mol. The summed E-state index contributed by atoms with van der Waals surface area (Å²) in [5.74, 6) is 1.60. The highest BCUT2D eigenvalue weighted by atomic mass is 79.9. The summed E-state index contributed by atoms with van der Waals surface area (Å²) in [4.78, 5) is 2.34. The lowest BCUT2D eigenvalue weighted by atomic mass is 10.2. The van der Waals surface area contributed by atoms with Crippen molar-refractivity contribution in [3.8, 4) is 11.5 Å². The van der Waals surface area contributed by atoms with Crippen molar-refractivity contribution in [2.45, 2.75) is 20.4 Å². The summed E-state index contributed by atoms with van der Waals surface area (Å²) in [6.07, 6.45) is 0. The van der Waals surface area contributed by atoms with Gasteiger partial charge in [0.1, 0.15) is 6.61 Å². The minimum Gasteiger partial charge on any atom is -0.493 e. The van der Waals surface area contributed by atoms with E-state index < -0.39 is 0 Å². The molecule has 0 bridgehead atoms. The topological polar surface area (TPSA) is 33.7 Å². The molecule has 114 valence electrons. The van der Waals surface area contributed by atoms with E-state index in [1.54, 1.807) is 7.11 Å². The van der Waals surface area contributed by atoms with Crippen LogP contribution in [0.4, 0.5) is 0 Å². The van der Waals surface area contributed by atoms with Gasteiger partial charge in [0, 0.05) is 23.1 Å². The second-order valence-corrected chi connectivity index (χ2v) is 5.42. The number of hydrogen-bond acceptors (Lipinski definition) is 4. The van der Waals surface area contributed by atoms with E-state index in [-0.39, 0.29) is 0 Å². The van der Waals surface area contributed by atoms with Crippen LogP contribution >= 0.6 is 15.9 Å². The Morgan fingerprint density at radius 2 is 1.95 bits per heavy atom. The first-order valence-corrected chi connectivity index (χ1v) is 7.81. The van der Waals surface area contributed by atoms with E-state index in [9.17, 15) is 0 Å². The highest BCUT2D eigenvalue weighted by molar-refractivity contribution is 9.10. The minimum absolute atomic E-state index is 0.663.